The maximum Gasteiger partial charge on any atom is 0.256 e. The number of amides is 1. The fourth-order valence-corrected chi connectivity index (χ4v) is 3.49. The fraction of sp³-hybridized carbons (Fsp3) is 0.211. The number of nitrogens with one attached hydrogen (secondary N) is 1. The Kier molecular flexibility index (Phi) is 4.72. The van der Waals surface area contributed by atoms with Crippen molar-refractivity contribution in [1.29, 1.82) is 0 Å². The maximum atomic E-state index is 12.8. The number of rotatable bonds is 5. The topological polar surface area (TPSA) is 86.5 Å². The van der Waals surface area contributed by atoms with Gasteiger partial charge in [0.15, 0.2) is 23.1 Å². The lowest BCUT2D eigenvalue weighted by Gasteiger charge is -2.12. The van der Waals surface area contributed by atoms with E-state index in [2.05, 4.69) is 15.3 Å². The van der Waals surface area contributed by atoms with Crippen LogP contribution in [0.1, 0.15) is 21.6 Å². The van der Waals surface area contributed by atoms with Crippen LogP contribution in [0.4, 0.5) is 0 Å². The number of benzene rings is 1. The zero-order valence-corrected chi connectivity index (χ0v) is 15.6. The molecule has 0 saturated carbocycles. The van der Waals surface area contributed by atoms with Gasteiger partial charge in [-0.2, -0.15) is 0 Å². The van der Waals surface area contributed by atoms with Gasteiger partial charge in [0.25, 0.3) is 5.91 Å². The van der Waals surface area contributed by atoms with E-state index in [1.807, 2.05) is 24.5 Å². The van der Waals surface area contributed by atoms with E-state index in [1.54, 1.807) is 25.3 Å². The number of furan rings is 1. The first-order valence-electron chi connectivity index (χ1n) is 8.29. The molecule has 3 aromatic rings. The van der Waals surface area contributed by atoms with Gasteiger partial charge < -0.3 is 19.2 Å². The number of aromatic nitrogens is 2. The highest BCUT2D eigenvalue weighted by atomic mass is 32.2. The number of thioether (sulfide) groups is 1. The highest BCUT2D eigenvalue weighted by Crippen LogP contribution is 2.35. The molecule has 1 aliphatic rings. The number of para-hydroxylation sites is 1. The third kappa shape index (κ3) is 3.35. The number of aryl methyl sites for hydroxylation is 1. The Labute approximate surface area is 160 Å². The first-order valence-corrected chi connectivity index (χ1v) is 9.52. The summed E-state index contributed by atoms with van der Waals surface area (Å²) >= 11 is 1.39. The van der Waals surface area contributed by atoms with E-state index in [0.29, 0.717) is 45.9 Å². The van der Waals surface area contributed by atoms with Gasteiger partial charge in [-0.3, -0.25) is 4.79 Å². The zero-order valence-electron chi connectivity index (χ0n) is 14.8. The summed E-state index contributed by atoms with van der Waals surface area (Å²) in [5.74, 6) is 2.15. The molecule has 138 valence electrons. The number of carbonyl (C=O) groups excluding carboxylic acids is 1. The molecule has 3 heterocycles. The van der Waals surface area contributed by atoms with Crippen LogP contribution < -0.4 is 14.8 Å². The first-order chi connectivity index (χ1) is 13.2. The van der Waals surface area contributed by atoms with E-state index < -0.39 is 0 Å². The molecular formula is C19H17N3O4S. The number of hydrogen-bond donors (Lipinski definition) is 1. The predicted molar refractivity (Wildman–Crippen MR) is 100.0 cm³/mol. The molecule has 0 unspecified atom stereocenters. The standard InChI is InChI=1S/C19H17N3O4S/c1-11-15(19(27-2)22-17(21-11)14-7-4-8-24-14)18(23)20-9-12-5-3-6-13-16(12)26-10-25-13/h3-8H,9-10H2,1-2H3,(H,20,23). The number of ether oxygens (including phenoxy) is 2. The number of fused-ring (bicyclic) bond motifs is 1. The molecule has 1 aromatic carbocycles. The number of hydrogen-bond acceptors (Lipinski definition) is 7. The highest BCUT2D eigenvalue weighted by Gasteiger charge is 2.21. The lowest BCUT2D eigenvalue weighted by Crippen LogP contribution is -2.25. The van der Waals surface area contributed by atoms with Gasteiger partial charge in [0.05, 0.1) is 17.5 Å². The Morgan fingerprint density at radius 2 is 2.11 bits per heavy atom. The summed E-state index contributed by atoms with van der Waals surface area (Å²) in [4.78, 5) is 21.7. The van der Waals surface area contributed by atoms with Crippen LogP contribution in [0.3, 0.4) is 0 Å². The Morgan fingerprint density at radius 1 is 1.22 bits per heavy atom. The Bertz CT molecular complexity index is 989. The summed E-state index contributed by atoms with van der Waals surface area (Å²) in [7, 11) is 0. The van der Waals surface area contributed by atoms with E-state index in [1.165, 1.54) is 11.8 Å². The molecule has 1 amide bonds. The average Bonchev–Trinajstić information content (AvgIpc) is 3.37. The number of nitrogens with zero attached hydrogens (tertiary/aromatic N) is 2. The summed E-state index contributed by atoms with van der Waals surface area (Å²) in [5.41, 5.74) is 1.91. The third-order valence-electron chi connectivity index (χ3n) is 4.14. The lowest BCUT2D eigenvalue weighted by atomic mass is 10.1. The van der Waals surface area contributed by atoms with Crippen LogP contribution in [0.5, 0.6) is 11.5 Å². The molecule has 0 spiro atoms. The molecule has 0 bridgehead atoms. The molecule has 27 heavy (non-hydrogen) atoms. The predicted octanol–water partition coefficient (Wildman–Crippen LogP) is 3.43. The minimum atomic E-state index is -0.237. The quantitative estimate of drug-likeness (QED) is 0.533. The van der Waals surface area contributed by atoms with Gasteiger partial charge in [-0.15, -0.1) is 11.8 Å². The van der Waals surface area contributed by atoms with Crippen molar-refractivity contribution in [2.24, 2.45) is 0 Å². The van der Waals surface area contributed by atoms with E-state index in [4.69, 9.17) is 13.9 Å². The molecule has 4 rings (SSSR count). The minimum Gasteiger partial charge on any atom is -0.461 e. The van der Waals surface area contributed by atoms with Crippen LogP contribution in [0.15, 0.2) is 46.0 Å². The molecule has 0 radical (unpaired) electrons. The van der Waals surface area contributed by atoms with Crippen molar-refractivity contribution < 1.29 is 18.7 Å². The van der Waals surface area contributed by atoms with E-state index in [9.17, 15) is 4.79 Å². The second kappa shape index (κ2) is 7.32. The van der Waals surface area contributed by atoms with Crippen LogP contribution in [0.25, 0.3) is 11.6 Å². The molecule has 0 atom stereocenters. The summed E-state index contributed by atoms with van der Waals surface area (Å²) in [6.07, 6.45) is 3.44. The number of carbonyl (C=O) groups is 1. The minimum absolute atomic E-state index is 0.193. The normalized spacial score (nSPS) is 12.2. The average molecular weight is 383 g/mol. The third-order valence-corrected chi connectivity index (χ3v) is 4.82. The van der Waals surface area contributed by atoms with Crippen molar-refractivity contribution in [3.8, 4) is 23.1 Å². The summed E-state index contributed by atoms with van der Waals surface area (Å²) in [6.45, 7) is 2.30. The van der Waals surface area contributed by atoms with E-state index >= 15 is 0 Å². The second-order valence-electron chi connectivity index (χ2n) is 5.83. The molecule has 0 saturated heterocycles. The van der Waals surface area contributed by atoms with Gasteiger partial charge in [0.1, 0.15) is 5.03 Å². The molecule has 2 aromatic heterocycles. The van der Waals surface area contributed by atoms with E-state index in [0.717, 1.165) is 5.56 Å². The summed E-state index contributed by atoms with van der Waals surface area (Å²) in [6, 6.07) is 9.17. The van der Waals surface area contributed by atoms with Gasteiger partial charge in [0.2, 0.25) is 6.79 Å². The lowest BCUT2D eigenvalue weighted by molar-refractivity contribution is 0.0945. The van der Waals surface area contributed by atoms with Gasteiger partial charge in [0, 0.05) is 12.1 Å². The van der Waals surface area contributed by atoms with E-state index in [-0.39, 0.29) is 12.7 Å². The van der Waals surface area contributed by atoms with Crippen molar-refractivity contribution in [3.63, 3.8) is 0 Å². The van der Waals surface area contributed by atoms with Crippen LogP contribution in [-0.2, 0) is 6.54 Å². The molecule has 8 heteroatoms. The maximum absolute atomic E-state index is 12.8. The molecule has 1 N–H and O–H groups in total. The zero-order chi connectivity index (χ0) is 18.8. The highest BCUT2D eigenvalue weighted by molar-refractivity contribution is 7.98. The molecule has 7 nitrogen and oxygen atoms in total. The summed E-state index contributed by atoms with van der Waals surface area (Å²) < 4.78 is 16.2. The monoisotopic (exact) mass is 383 g/mol. The van der Waals surface area contributed by atoms with Crippen LogP contribution >= 0.6 is 11.8 Å². The largest absolute Gasteiger partial charge is 0.461 e. The van der Waals surface area contributed by atoms with Gasteiger partial charge in [-0.1, -0.05) is 12.1 Å². The SMILES string of the molecule is CSc1nc(-c2ccco2)nc(C)c1C(=O)NCc1cccc2c1OCO2. The Balaban J connectivity index is 1.58. The van der Waals surface area contributed by atoms with Gasteiger partial charge in [-0.05, 0) is 31.4 Å². The van der Waals surface area contributed by atoms with Crippen LogP contribution in [-0.4, -0.2) is 28.9 Å². The van der Waals surface area contributed by atoms with Crippen molar-refractivity contribution in [1.82, 2.24) is 15.3 Å². The van der Waals surface area contributed by atoms with Crippen molar-refractivity contribution in [2.45, 2.75) is 18.5 Å². The van der Waals surface area contributed by atoms with Gasteiger partial charge in [-0.25, -0.2) is 9.97 Å². The first kappa shape index (κ1) is 17.4. The van der Waals surface area contributed by atoms with Gasteiger partial charge >= 0.3 is 0 Å². The molecular weight excluding hydrogens is 366 g/mol. The van der Waals surface area contributed by atoms with Crippen LogP contribution in [0.2, 0.25) is 0 Å². The Morgan fingerprint density at radius 3 is 2.89 bits per heavy atom. The Hall–Kier alpha value is -3.00. The van der Waals surface area contributed by atoms with Crippen molar-refractivity contribution in [3.05, 3.63) is 53.4 Å². The smallest absolute Gasteiger partial charge is 0.256 e. The second-order valence-corrected chi connectivity index (χ2v) is 6.62. The molecule has 0 fully saturated rings. The van der Waals surface area contributed by atoms with Crippen LogP contribution in [0, 0.1) is 6.92 Å². The molecule has 1 aliphatic heterocycles. The van der Waals surface area contributed by atoms with Crippen molar-refractivity contribution >= 4 is 17.7 Å². The summed E-state index contributed by atoms with van der Waals surface area (Å²) in [5, 5.41) is 3.52. The molecule has 0 aliphatic carbocycles. The fourth-order valence-electron chi connectivity index (χ4n) is 2.87. The van der Waals surface area contributed by atoms with Crippen molar-refractivity contribution in [2.75, 3.05) is 13.0 Å².